The summed E-state index contributed by atoms with van der Waals surface area (Å²) in [4.78, 5) is 8.36. The van der Waals surface area contributed by atoms with Crippen molar-refractivity contribution in [3.63, 3.8) is 0 Å². The van der Waals surface area contributed by atoms with Crippen molar-refractivity contribution < 1.29 is 9.90 Å². The van der Waals surface area contributed by atoms with E-state index in [-0.39, 0.29) is 6.47 Å². The molecule has 0 aliphatic heterocycles. The molecule has 0 aromatic heterocycles. The fourth-order valence-electron chi connectivity index (χ4n) is 13.9. The van der Waals surface area contributed by atoms with E-state index in [2.05, 4.69) is 62.3 Å². The fraction of sp³-hybridized carbons (Fsp3) is 0.968. The molecule has 1 N–H and O–H groups in total. The summed E-state index contributed by atoms with van der Waals surface area (Å²) in [7, 11) is 0. The van der Waals surface area contributed by atoms with Crippen molar-refractivity contribution in [2.45, 2.75) is 120 Å². The van der Waals surface area contributed by atoms with Crippen molar-refractivity contribution in [1.29, 1.82) is 0 Å². The number of fused-ring (bicyclic) bond motifs is 6. The van der Waals surface area contributed by atoms with Gasteiger partial charge in [0.25, 0.3) is 6.47 Å². The van der Waals surface area contributed by atoms with Gasteiger partial charge in [-0.2, -0.15) is 0 Å². The monoisotopic (exact) mass is 456 g/mol. The summed E-state index contributed by atoms with van der Waals surface area (Å²) in [5, 5.41) is 6.89. The molecule has 0 spiro atoms. The van der Waals surface area contributed by atoms with Gasteiger partial charge in [-0.15, -0.1) is 0 Å². The first kappa shape index (κ1) is 24.2. The van der Waals surface area contributed by atoms with Crippen molar-refractivity contribution in [1.82, 2.24) is 0 Å². The van der Waals surface area contributed by atoms with E-state index in [4.69, 9.17) is 9.90 Å². The van der Waals surface area contributed by atoms with E-state index in [1.807, 2.05) is 0 Å². The molecule has 9 atom stereocenters. The molecule has 188 valence electrons. The standard InChI is InChI=1S/C30H50.CH2O2/c1-19-10-12-21-16-28(19,24(21,3)4)27(9)15-14-23-18-30(27,26(23,7)8)29-17-22(25(29,5)6)13-11-20(29)2;2-1-3/h19-23H,10-18H2,1-9H3;1H,(H,2,3). The van der Waals surface area contributed by atoms with Crippen LogP contribution < -0.4 is 0 Å². The van der Waals surface area contributed by atoms with Crippen molar-refractivity contribution in [2.75, 3.05) is 0 Å². The lowest BCUT2D eigenvalue weighted by Gasteiger charge is -2.92. The second kappa shape index (κ2) is 6.61. The van der Waals surface area contributed by atoms with Crippen LogP contribution >= 0.6 is 0 Å². The van der Waals surface area contributed by atoms with Crippen LogP contribution in [0.5, 0.6) is 0 Å². The Balaban J connectivity index is 0.000000724. The van der Waals surface area contributed by atoms with Gasteiger partial charge >= 0.3 is 0 Å². The number of hydrogen-bond acceptors (Lipinski definition) is 1. The van der Waals surface area contributed by atoms with Crippen molar-refractivity contribution in [3.8, 4) is 0 Å². The summed E-state index contributed by atoms with van der Waals surface area (Å²) in [5.41, 5.74) is 3.78. The highest BCUT2D eigenvalue weighted by Crippen LogP contribution is 2.94. The Morgan fingerprint density at radius 2 is 1.06 bits per heavy atom. The lowest BCUT2D eigenvalue weighted by atomic mass is 9.12. The maximum absolute atomic E-state index is 8.36. The van der Waals surface area contributed by atoms with Crippen LogP contribution in [0.25, 0.3) is 0 Å². The topological polar surface area (TPSA) is 37.3 Å². The maximum atomic E-state index is 8.36. The quantitative estimate of drug-likeness (QED) is 0.423. The number of rotatable bonds is 2. The smallest absolute Gasteiger partial charge is 0.290 e. The third kappa shape index (κ3) is 2.09. The molecular formula is C31H52O2. The second-order valence-electron chi connectivity index (χ2n) is 15.6. The lowest BCUT2D eigenvalue weighted by Crippen LogP contribution is -2.86. The van der Waals surface area contributed by atoms with Crippen LogP contribution in [-0.4, -0.2) is 11.6 Å². The SMILES string of the molecule is CC1CCC2CC1(C1(C)CCC3CC1(C14CC(CCC1C)C4(C)C)C3(C)C)C2(C)C.O=CO. The van der Waals surface area contributed by atoms with E-state index in [1.165, 1.54) is 38.5 Å². The Labute approximate surface area is 204 Å². The minimum atomic E-state index is -0.250. The predicted octanol–water partition coefficient (Wildman–Crippen LogP) is 8.44. The average molecular weight is 457 g/mol. The van der Waals surface area contributed by atoms with Gasteiger partial charge in [-0.25, -0.2) is 0 Å². The molecule has 9 aliphatic carbocycles. The molecule has 0 heterocycles. The first-order chi connectivity index (χ1) is 15.2. The first-order valence-electron chi connectivity index (χ1n) is 14.3. The van der Waals surface area contributed by atoms with Gasteiger partial charge in [-0.05, 0) is 125 Å². The molecule has 0 aromatic rings. The summed E-state index contributed by atoms with van der Waals surface area (Å²) < 4.78 is 0. The minimum absolute atomic E-state index is 0.250. The van der Waals surface area contributed by atoms with E-state index in [1.54, 1.807) is 19.3 Å². The van der Waals surface area contributed by atoms with Gasteiger partial charge in [0.05, 0.1) is 0 Å². The second-order valence-corrected chi connectivity index (χ2v) is 15.6. The summed E-state index contributed by atoms with van der Waals surface area (Å²) in [5.74, 6) is 4.78. The van der Waals surface area contributed by atoms with Crippen LogP contribution in [-0.2, 0) is 4.79 Å². The zero-order chi connectivity index (χ0) is 24.5. The van der Waals surface area contributed by atoms with Gasteiger partial charge in [0.2, 0.25) is 0 Å². The van der Waals surface area contributed by atoms with E-state index in [0.717, 1.165) is 29.6 Å². The zero-order valence-electron chi connectivity index (χ0n) is 23.2. The Morgan fingerprint density at radius 1 is 0.636 bits per heavy atom. The third-order valence-electron chi connectivity index (χ3n) is 15.4. The van der Waals surface area contributed by atoms with Crippen LogP contribution in [0.3, 0.4) is 0 Å². The molecular weight excluding hydrogens is 404 g/mol. The highest BCUT2D eigenvalue weighted by Gasteiger charge is 2.88. The van der Waals surface area contributed by atoms with E-state index >= 15 is 0 Å². The lowest BCUT2D eigenvalue weighted by molar-refractivity contribution is -0.441. The molecule has 0 radical (unpaired) electrons. The minimum Gasteiger partial charge on any atom is -0.483 e. The molecule has 0 amide bonds. The van der Waals surface area contributed by atoms with Crippen LogP contribution in [0.4, 0.5) is 0 Å². The summed E-state index contributed by atoms with van der Waals surface area (Å²) in [6, 6.07) is 0. The normalized spacial score (nSPS) is 56.1. The van der Waals surface area contributed by atoms with Crippen molar-refractivity contribution in [2.24, 2.45) is 67.5 Å². The Kier molecular flexibility index (Phi) is 4.84. The molecule has 9 fully saturated rings. The highest BCUT2D eigenvalue weighted by atomic mass is 16.3. The maximum Gasteiger partial charge on any atom is 0.290 e. The molecule has 9 saturated carbocycles. The van der Waals surface area contributed by atoms with Gasteiger partial charge in [0.1, 0.15) is 0 Å². The molecule has 9 aliphatic rings. The van der Waals surface area contributed by atoms with Gasteiger partial charge < -0.3 is 5.11 Å². The summed E-state index contributed by atoms with van der Waals surface area (Å²) >= 11 is 0. The number of hydrogen-bond donors (Lipinski definition) is 1. The summed E-state index contributed by atoms with van der Waals surface area (Å²) in [6.45, 7) is 24.4. The van der Waals surface area contributed by atoms with Gasteiger partial charge in [-0.1, -0.05) is 62.3 Å². The van der Waals surface area contributed by atoms with Crippen LogP contribution in [0.2, 0.25) is 0 Å². The number of carbonyl (C=O) groups is 1. The van der Waals surface area contributed by atoms with Crippen LogP contribution in [0.15, 0.2) is 0 Å². The fourth-order valence-corrected chi connectivity index (χ4v) is 13.9. The van der Waals surface area contributed by atoms with Gasteiger partial charge in [0, 0.05) is 0 Å². The predicted molar refractivity (Wildman–Crippen MR) is 136 cm³/mol. The van der Waals surface area contributed by atoms with Crippen LogP contribution in [0, 0.1) is 67.5 Å². The Morgan fingerprint density at radius 3 is 1.45 bits per heavy atom. The molecule has 2 heteroatoms. The van der Waals surface area contributed by atoms with Gasteiger partial charge in [0.15, 0.2) is 0 Å². The van der Waals surface area contributed by atoms with E-state index in [0.29, 0.717) is 37.9 Å². The van der Waals surface area contributed by atoms with Crippen LogP contribution in [0.1, 0.15) is 120 Å². The molecule has 33 heavy (non-hydrogen) atoms. The zero-order valence-corrected chi connectivity index (χ0v) is 23.2. The number of carboxylic acid groups (broad SMARTS) is 1. The Bertz CT molecular complexity index is 840. The molecule has 9 unspecified atom stereocenters. The van der Waals surface area contributed by atoms with Crippen molar-refractivity contribution in [3.05, 3.63) is 0 Å². The van der Waals surface area contributed by atoms with E-state index in [9.17, 15) is 0 Å². The largest absolute Gasteiger partial charge is 0.483 e. The third-order valence-corrected chi connectivity index (χ3v) is 15.4. The average Bonchev–Trinajstić information content (AvgIpc) is 2.73. The molecule has 6 bridgehead atoms. The van der Waals surface area contributed by atoms with Crippen molar-refractivity contribution >= 4 is 6.47 Å². The molecule has 2 nitrogen and oxygen atoms in total. The first-order valence-corrected chi connectivity index (χ1v) is 14.3. The molecule has 0 saturated heterocycles. The Hall–Kier alpha value is -0.530. The molecule has 9 rings (SSSR count). The highest BCUT2D eigenvalue weighted by molar-refractivity contribution is 5.36. The summed E-state index contributed by atoms with van der Waals surface area (Å²) in [6.07, 6.45) is 13.7. The van der Waals surface area contributed by atoms with Gasteiger partial charge in [-0.3, -0.25) is 4.79 Å². The molecule has 0 aromatic carbocycles. The van der Waals surface area contributed by atoms with E-state index < -0.39 is 0 Å².